The Morgan fingerprint density at radius 2 is 2.38 bits per heavy atom. The Kier molecular flexibility index (Phi) is 4.50. The largest absolute Gasteiger partial charge is 0.338 e. The average Bonchev–Trinajstić information content (AvgIpc) is 2.69. The van der Waals surface area contributed by atoms with Crippen molar-refractivity contribution >= 4 is 17.4 Å². The van der Waals surface area contributed by atoms with Crippen molar-refractivity contribution in [1.29, 1.82) is 0 Å². The second kappa shape index (κ2) is 5.66. The molecule has 0 saturated heterocycles. The molecule has 0 atom stereocenters. The first-order chi connectivity index (χ1) is 7.56. The third-order valence-corrected chi connectivity index (χ3v) is 2.93. The molecule has 0 fully saturated rings. The van der Waals surface area contributed by atoms with Crippen molar-refractivity contribution in [1.82, 2.24) is 9.55 Å². The van der Waals surface area contributed by atoms with Gasteiger partial charge in [-0.25, -0.2) is 4.98 Å². The number of hydrogen-bond donors (Lipinski definition) is 0. The zero-order valence-electron chi connectivity index (χ0n) is 9.53. The Bertz CT molecular complexity index is 432. The van der Waals surface area contributed by atoms with E-state index >= 15 is 0 Å². The van der Waals surface area contributed by atoms with Gasteiger partial charge in [-0.1, -0.05) is 23.8 Å². The molecule has 0 spiro atoms. The average molecular weight is 239 g/mol. The minimum Gasteiger partial charge on any atom is -0.338 e. The fraction of sp³-hybridized carbons (Fsp3) is 0.333. The van der Waals surface area contributed by atoms with Crippen molar-refractivity contribution in [3.05, 3.63) is 41.5 Å². The number of carbonyl (C=O) groups is 1. The molecule has 0 bridgehead atoms. The molecule has 0 saturated carbocycles. The van der Waals surface area contributed by atoms with Gasteiger partial charge in [-0.15, -0.1) is 0 Å². The summed E-state index contributed by atoms with van der Waals surface area (Å²) in [6, 6.07) is 0. The van der Waals surface area contributed by atoms with Crippen LogP contribution in [-0.4, -0.2) is 15.3 Å². The van der Waals surface area contributed by atoms with Crippen molar-refractivity contribution in [3.63, 3.8) is 0 Å². The molecule has 0 aliphatic carbocycles. The Morgan fingerprint density at radius 1 is 1.69 bits per heavy atom. The van der Waals surface area contributed by atoms with Gasteiger partial charge in [0.1, 0.15) is 5.82 Å². The molecule has 1 heterocycles. The molecule has 0 N–H and O–H groups in total. The van der Waals surface area contributed by atoms with Crippen LogP contribution in [0, 0.1) is 0 Å². The zero-order valence-corrected chi connectivity index (χ0v) is 10.3. The van der Waals surface area contributed by atoms with Crippen LogP contribution in [0.5, 0.6) is 0 Å². The van der Waals surface area contributed by atoms with Crippen LogP contribution in [0.1, 0.15) is 19.2 Å². The summed E-state index contributed by atoms with van der Waals surface area (Å²) in [7, 11) is 1.94. The second-order valence-electron chi connectivity index (χ2n) is 3.62. The molecule has 0 unspecified atom stereocenters. The van der Waals surface area contributed by atoms with Crippen molar-refractivity contribution in [3.8, 4) is 0 Å². The SMILES string of the molecule is C=CC(=O)C(Cl)=C(C)CCc1nccn1C. The first-order valence-electron chi connectivity index (χ1n) is 5.04. The highest BCUT2D eigenvalue weighted by Gasteiger charge is 2.07. The van der Waals surface area contributed by atoms with Crippen LogP contribution in [0.15, 0.2) is 35.7 Å². The van der Waals surface area contributed by atoms with Crippen molar-refractivity contribution in [2.24, 2.45) is 7.05 Å². The van der Waals surface area contributed by atoms with E-state index in [0.29, 0.717) is 0 Å². The molecule has 1 aromatic heterocycles. The van der Waals surface area contributed by atoms with E-state index in [1.807, 2.05) is 24.7 Å². The van der Waals surface area contributed by atoms with E-state index in [2.05, 4.69) is 11.6 Å². The van der Waals surface area contributed by atoms with E-state index in [0.717, 1.165) is 24.2 Å². The molecule has 86 valence electrons. The summed E-state index contributed by atoms with van der Waals surface area (Å²) in [4.78, 5) is 15.5. The van der Waals surface area contributed by atoms with Crippen LogP contribution >= 0.6 is 11.6 Å². The van der Waals surface area contributed by atoms with E-state index in [4.69, 9.17) is 11.6 Å². The lowest BCUT2D eigenvalue weighted by Gasteiger charge is -2.04. The van der Waals surface area contributed by atoms with Crippen molar-refractivity contribution < 1.29 is 4.79 Å². The van der Waals surface area contributed by atoms with Gasteiger partial charge in [-0.05, 0) is 19.4 Å². The van der Waals surface area contributed by atoms with Crippen molar-refractivity contribution in [2.75, 3.05) is 0 Å². The molecule has 1 rings (SSSR count). The summed E-state index contributed by atoms with van der Waals surface area (Å²) in [6.07, 6.45) is 6.38. The smallest absolute Gasteiger partial charge is 0.196 e. The van der Waals surface area contributed by atoms with Gasteiger partial charge in [-0.2, -0.15) is 0 Å². The molecule has 4 heteroatoms. The monoisotopic (exact) mass is 238 g/mol. The zero-order chi connectivity index (χ0) is 12.1. The summed E-state index contributed by atoms with van der Waals surface area (Å²) in [5.74, 6) is 0.758. The van der Waals surface area contributed by atoms with Gasteiger partial charge >= 0.3 is 0 Å². The van der Waals surface area contributed by atoms with E-state index in [-0.39, 0.29) is 10.8 Å². The van der Waals surface area contributed by atoms with Crippen LogP contribution in [0.3, 0.4) is 0 Å². The van der Waals surface area contributed by atoms with Crippen LogP contribution in [0.4, 0.5) is 0 Å². The second-order valence-corrected chi connectivity index (χ2v) is 4.00. The maximum absolute atomic E-state index is 11.3. The lowest BCUT2D eigenvalue weighted by atomic mass is 10.1. The number of nitrogens with zero attached hydrogens (tertiary/aromatic N) is 2. The van der Waals surface area contributed by atoms with Gasteiger partial charge in [0.2, 0.25) is 0 Å². The van der Waals surface area contributed by atoms with Crippen LogP contribution < -0.4 is 0 Å². The summed E-state index contributed by atoms with van der Waals surface area (Å²) in [5.41, 5.74) is 0.870. The van der Waals surface area contributed by atoms with Crippen LogP contribution in [-0.2, 0) is 18.3 Å². The topological polar surface area (TPSA) is 34.9 Å². The molecular formula is C12H15ClN2O. The quantitative estimate of drug-likeness (QED) is 0.740. The molecular weight excluding hydrogens is 224 g/mol. The van der Waals surface area contributed by atoms with Gasteiger partial charge in [-0.3, -0.25) is 4.79 Å². The van der Waals surface area contributed by atoms with Gasteiger partial charge in [0.25, 0.3) is 0 Å². The molecule has 1 aromatic rings. The van der Waals surface area contributed by atoms with Gasteiger partial charge in [0.15, 0.2) is 5.78 Å². The number of aryl methyl sites for hydroxylation is 2. The fourth-order valence-electron chi connectivity index (χ4n) is 1.35. The highest BCUT2D eigenvalue weighted by Crippen LogP contribution is 2.16. The number of carbonyl (C=O) groups excluding carboxylic acids is 1. The summed E-state index contributed by atoms with van der Waals surface area (Å²) in [6.45, 7) is 5.26. The molecule has 0 aliphatic rings. The number of hydrogen-bond acceptors (Lipinski definition) is 2. The third kappa shape index (κ3) is 3.07. The molecule has 0 radical (unpaired) electrons. The van der Waals surface area contributed by atoms with Gasteiger partial charge in [0.05, 0.1) is 5.03 Å². The Labute approximate surface area is 100 Å². The Balaban J connectivity index is 2.65. The minimum atomic E-state index is -0.223. The highest BCUT2D eigenvalue weighted by molar-refractivity contribution is 6.44. The normalized spacial score (nSPS) is 12.2. The maximum atomic E-state index is 11.3. The summed E-state index contributed by atoms with van der Waals surface area (Å²) < 4.78 is 1.95. The summed E-state index contributed by atoms with van der Waals surface area (Å²) in [5, 5.41) is 0.268. The summed E-state index contributed by atoms with van der Waals surface area (Å²) >= 11 is 5.89. The van der Waals surface area contributed by atoms with Crippen LogP contribution in [0.2, 0.25) is 0 Å². The van der Waals surface area contributed by atoms with Crippen molar-refractivity contribution in [2.45, 2.75) is 19.8 Å². The number of aromatic nitrogens is 2. The predicted octanol–water partition coefficient (Wildman–Crippen LogP) is 2.62. The predicted molar refractivity (Wildman–Crippen MR) is 65.3 cm³/mol. The first kappa shape index (κ1) is 12.7. The first-order valence-corrected chi connectivity index (χ1v) is 5.42. The van der Waals surface area contributed by atoms with E-state index in [1.165, 1.54) is 6.08 Å². The number of halogens is 1. The third-order valence-electron chi connectivity index (χ3n) is 2.42. The molecule has 16 heavy (non-hydrogen) atoms. The Hall–Kier alpha value is -1.35. The maximum Gasteiger partial charge on any atom is 0.196 e. The highest BCUT2D eigenvalue weighted by atomic mass is 35.5. The van der Waals surface area contributed by atoms with Crippen LogP contribution in [0.25, 0.3) is 0 Å². The van der Waals surface area contributed by atoms with Gasteiger partial charge < -0.3 is 4.57 Å². The standard InChI is InChI=1S/C12H15ClN2O/c1-4-10(16)12(13)9(2)5-6-11-14-7-8-15(11)3/h4,7-8H,1,5-6H2,2-3H3. The number of ketones is 1. The lowest BCUT2D eigenvalue weighted by molar-refractivity contribution is -0.110. The number of rotatable bonds is 5. The van der Waals surface area contributed by atoms with E-state index < -0.39 is 0 Å². The number of imidazole rings is 1. The van der Waals surface area contributed by atoms with Gasteiger partial charge in [0, 0.05) is 25.9 Å². The molecule has 0 aliphatic heterocycles. The minimum absolute atomic E-state index is 0.223. The molecule has 0 amide bonds. The lowest BCUT2D eigenvalue weighted by Crippen LogP contribution is -2.00. The van der Waals surface area contributed by atoms with E-state index in [1.54, 1.807) is 6.20 Å². The Morgan fingerprint density at radius 3 is 2.88 bits per heavy atom. The number of allylic oxidation sites excluding steroid dienone is 3. The van der Waals surface area contributed by atoms with E-state index in [9.17, 15) is 4.79 Å². The fourth-order valence-corrected chi connectivity index (χ4v) is 1.52. The molecule has 0 aromatic carbocycles. The molecule has 3 nitrogen and oxygen atoms in total.